The highest BCUT2D eigenvalue weighted by atomic mass is 16.6. The molecule has 0 saturated heterocycles. The van der Waals surface area contributed by atoms with Gasteiger partial charge in [-0.1, -0.05) is 30.3 Å². The van der Waals surface area contributed by atoms with Gasteiger partial charge in [-0.2, -0.15) is 0 Å². The van der Waals surface area contributed by atoms with Gasteiger partial charge in [0.05, 0.1) is 10.5 Å². The number of fused-ring (bicyclic) bond motifs is 1. The van der Waals surface area contributed by atoms with E-state index in [4.69, 9.17) is 4.74 Å². The average molecular weight is 350 g/mol. The first-order valence-electron chi connectivity index (χ1n) is 8.07. The van der Waals surface area contributed by atoms with Crippen LogP contribution in [0.15, 0.2) is 60.7 Å². The lowest BCUT2D eigenvalue weighted by Crippen LogP contribution is -2.15. The molecule has 0 radical (unpaired) electrons. The molecular formula is C20H18N2O4. The van der Waals surface area contributed by atoms with Crippen LogP contribution in [0.1, 0.15) is 15.9 Å². The topological polar surface area (TPSA) is 72.7 Å². The van der Waals surface area contributed by atoms with Gasteiger partial charge in [0.15, 0.2) is 0 Å². The highest BCUT2D eigenvalue weighted by Crippen LogP contribution is 2.29. The summed E-state index contributed by atoms with van der Waals surface area (Å²) in [5.41, 5.74) is 1.11. The SMILES string of the molecule is CN(C)Cc1c(OC(=O)c2ccc([N+](=O)[O-])cc2)ccc2ccccc12. The molecule has 3 aromatic rings. The molecule has 0 aliphatic rings. The number of esters is 1. The van der Waals surface area contributed by atoms with Gasteiger partial charge < -0.3 is 9.64 Å². The molecule has 0 saturated carbocycles. The van der Waals surface area contributed by atoms with Crippen molar-refractivity contribution in [2.75, 3.05) is 14.1 Å². The molecule has 0 spiro atoms. The molecule has 26 heavy (non-hydrogen) atoms. The Bertz CT molecular complexity index is 965. The second-order valence-corrected chi connectivity index (χ2v) is 6.19. The van der Waals surface area contributed by atoms with Crippen LogP contribution in [-0.2, 0) is 6.54 Å². The van der Waals surface area contributed by atoms with Crippen molar-refractivity contribution >= 4 is 22.4 Å². The summed E-state index contributed by atoms with van der Waals surface area (Å²) in [6, 6.07) is 17.0. The Morgan fingerprint density at radius 2 is 1.73 bits per heavy atom. The third-order valence-corrected chi connectivity index (χ3v) is 3.99. The largest absolute Gasteiger partial charge is 0.423 e. The molecule has 0 aliphatic carbocycles. The van der Waals surface area contributed by atoms with Crippen molar-refractivity contribution in [1.29, 1.82) is 0 Å². The molecule has 6 nitrogen and oxygen atoms in total. The molecule has 6 heteroatoms. The summed E-state index contributed by atoms with van der Waals surface area (Å²) in [6.45, 7) is 0.615. The summed E-state index contributed by atoms with van der Waals surface area (Å²) < 4.78 is 5.61. The third-order valence-electron chi connectivity index (χ3n) is 3.99. The minimum atomic E-state index is -0.546. The number of non-ortho nitro benzene ring substituents is 1. The summed E-state index contributed by atoms with van der Waals surface area (Å²) in [5.74, 6) is -0.0593. The van der Waals surface area contributed by atoms with Gasteiger partial charge in [-0.15, -0.1) is 0 Å². The third kappa shape index (κ3) is 3.70. The van der Waals surface area contributed by atoms with Crippen LogP contribution in [0.25, 0.3) is 10.8 Å². The van der Waals surface area contributed by atoms with Crippen LogP contribution >= 0.6 is 0 Å². The van der Waals surface area contributed by atoms with Crippen LogP contribution in [0.2, 0.25) is 0 Å². The lowest BCUT2D eigenvalue weighted by atomic mass is 10.0. The lowest BCUT2D eigenvalue weighted by Gasteiger charge is -2.16. The Morgan fingerprint density at radius 1 is 1.04 bits per heavy atom. The summed E-state index contributed by atoms with van der Waals surface area (Å²) in [7, 11) is 3.90. The molecule has 0 bridgehead atoms. The van der Waals surface area contributed by atoms with E-state index in [0.29, 0.717) is 12.3 Å². The summed E-state index contributed by atoms with van der Waals surface area (Å²) in [5, 5.41) is 12.8. The van der Waals surface area contributed by atoms with Crippen molar-refractivity contribution in [2.45, 2.75) is 6.54 Å². The first-order valence-corrected chi connectivity index (χ1v) is 8.07. The van der Waals surface area contributed by atoms with E-state index >= 15 is 0 Å². The van der Waals surface area contributed by atoms with Crippen LogP contribution in [0, 0.1) is 10.1 Å². The Hall–Kier alpha value is -3.25. The molecule has 3 aromatic carbocycles. The predicted octanol–water partition coefficient (Wildman–Crippen LogP) is 4.03. The lowest BCUT2D eigenvalue weighted by molar-refractivity contribution is -0.384. The molecule has 0 fully saturated rings. The van der Waals surface area contributed by atoms with Gasteiger partial charge in [-0.25, -0.2) is 4.79 Å². The molecule has 0 amide bonds. The number of benzene rings is 3. The van der Waals surface area contributed by atoms with E-state index in [-0.39, 0.29) is 11.3 Å². The van der Waals surface area contributed by atoms with E-state index in [9.17, 15) is 14.9 Å². The molecule has 0 N–H and O–H groups in total. The van der Waals surface area contributed by atoms with Crippen molar-refractivity contribution in [2.24, 2.45) is 0 Å². The Kier molecular flexibility index (Phi) is 4.95. The van der Waals surface area contributed by atoms with E-state index in [1.165, 1.54) is 24.3 Å². The van der Waals surface area contributed by atoms with Crippen LogP contribution in [0.4, 0.5) is 5.69 Å². The minimum absolute atomic E-state index is 0.0689. The first-order chi connectivity index (χ1) is 12.5. The van der Waals surface area contributed by atoms with Crippen LogP contribution in [0.3, 0.4) is 0 Å². The monoisotopic (exact) mass is 350 g/mol. The minimum Gasteiger partial charge on any atom is -0.423 e. The maximum absolute atomic E-state index is 12.5. The Morgan fingerprint density at radius 3 is 2.38 bits per heavy atom. The number of nitro groups is 1. The van der Waals surface area contributed by atoms with Crippen molar-refractivity contribution < 1.29 is 14.5 Å². The summed E-state index contributed by atoms with van der Waals surface area (Å²) in [6.07, 6.45) is 0. The zero-order chi connectivity index (χ0) is 18.7. The predicted molar refractivity (Wildman–Crippen MR) is 99.4 cm³/mol. The molecule has 0 unspecified atom stereocenters. The normalized spacial score (nSPS) is 10.9. The number of nitro benzene ring substituents is 1. The second kappa shape index (κ2) is 7.33. The molecule has 132 valence electrons. The highest BCUT2D eigenvalue weighted by molar-refractivity contribution is 5.93. The Labute approximate surface area is 150 Å². The zero-order valence-corrected chi connectivity index (χ0v) is 14.5. The number of rotatable bonds is 5. The van der Waals surface area contributed by atoms with Gasteiger partial charge in [0.2, 0.25) is 0 Å². The molecular weight excluding hydrogens is 332 g/mol. The van der Waals surface area contributed by atoms with Crippen molar-refractivity contribution in [3.8, 4) is 5.75 Å². The molecule has 3 rings (SSSR count). The van der Waals surface area contributed by atoms with E-state index in [1.54, 1.807) is 6.07 Å². The molecule has 0 aromatic heterocycles. The van der Waals surface area contributed by atoms with Gasteiger partial charge >= 0.3 is 5.97 Å². The zero-order valence-electron chi connectivity index (χ0n) is 14.5. The van der Waals surface area contributed by atoms with Gasteiger partial charge in [0.25, 0.3) is 5.69 Å². The molecule has 0 heterocycles. The van der Waals surface area contributed by atoms with Crippen LogP contribution in [-0.4, -0.2) is 29.9 Å². The maximum Gasteiger partial charge on any atom is 0.343 e. The van der Waals surface area contributed by atoms with E-state index < -0.39 is 10.9 Å². The van der Waals surface area contributed by atoms with Crippen molar-refractivity contribution in [3.05, 3.63) is 81.9 Å². The molecule has 0 aliphatic heterocycles. The van der Waals surface area contributed by atoms with Gasteiger partial charge in [0, 0.05) is 24.2 Å². The standard InChI is InChI=1S/C20H18N2O4/c1-21(2)13-18-17-6-4-3-5-14(17)9-12-19(18)26-20(23)15-7-10-16(11-8-15)22(24)25/h3-12H,13H2,1-2H3. The van der Waals surface area contributed by atoms with Gasteiger partial charge in [-0.05, 0) is 43.1 Å². The fraction of sp³-hybridized carbons (Fsp3) is 0.150. The summed E-state index contributed by atoms with van der Waals surface area (Å²) >= 11 is 0. The fourth-order valence-electron chi connectivity index (χ4n) is 2.77. The average Bonchev–Trinajstić information content (AvgIpc) is 2.63. The maximum atomic E-state index is 12.5. The molecule has 0 atom stereocenters. The number of carbonyl (C=O) groups excluding carboxylic acids is 1. The second-order valence-electron chi connectivity index (χ2n) is 6.19. The number of hydrogen-bond acceptors (Lipinski definition) is 5. The number of hydrogen-bond donors (Lipinski definition) is 0. The van der Waals surface area contributed by atoms with Crippen LogP contribution < -0.4 is 4.74 Å². The van der Waals surface area contributed by atoms with Crippen molar-refractivity contribution in [3.63, 3.8) is 0 Å². The van der Waals surface area contributed by atoms with Gasteiger partial charge in [0.1, 0.15) is 5.75 Å². The number of ether oxygens (including phenoxy) is 1. The number of carbonyl (C=O) groups is 1. The Balaban J connectivity index is 1.94. The summed E-state index contributed by atoms with van der Waals surface area (Å²) in [4.78, 5) is 24.7. The number of nitrogens with zero attached hydrogens (tertiary/aromatic N) is 2. The van der Waals surface area contributed by atoms with E-state index in [2.05, 4.69) is 0 Å². The van der Waals surface area contributed by atoms with Gasteiger partial charge in [-0.3, -0.25) is 10.1 Å². The van der Waals surface area contributed by atoms with E-state index in [1.807, 2.05) is 49.3 Å². The quantitative estimate of drug-likeness (QED) is 0.301. The fourth-order valence-corrected chi connectivity index (χ4v) is 2.77. The first kappa shape index (κ1) is 17.6. The highest BCUT2D eigenvalue weighted by Gasteiger charge is 2.16. The smallest absolute Gasteiger partial charge is 0.343 e. The van der Waals surface area contributed by atoms with E-state index in [0.717, 1.165) is 16.3 Å². The van der Waals surface area contributed by atoms with Crippen molar-refractivity contribution in [1.82, 2.24) is 4.90 Å². The van der Waals surface area contributed by atoms with Crippen LogP contribution in [0.5, 0.6) is 5.75 Å².